The molecule has 3 nitrogen and oxygen atoms in total. The molecule has 0 atom stereocenters. The Balaban J connectivity index is 2.51. The summed E-state index contributed by atoms with van der Waals surface area (Å²) in [5.74, 6) is 0. The first kappa shape index (κ1) is 11.5. The van der Waals surface area contributed by atoms with E-state index < -0.39 is 0 Å². The fourth-order valence-electron chi connectivity index (χ4n) is 1.45. The van der Waals surface area contributed by atoms with Gasteiger partial charge >= 0.3 is 0 Å². The lowest BCUT2D eigenvalue weighted by Crippen LogP contribution is -2.21. The van der Waals surface area contributed by atoms with Crippen molar-refractivity contribution in [3.8, 4) is 10.6 Å². The Morgan fingerprint density at radius 2 is 2.38 bits per heavy atom. The molecule has 0 fully saturated rings. The van der Waals surface area contributed by atoms with E-state index in [4.69, 9.17) is 0 Å². The maximum Gasteiger partial charge on any atom is 0.268 e. The molecule has 2 aromatic rings. The molecule has 0 aromatic carbocycles. The summed E-state index contributed by atoms with van der Waals surface area (Å²) in [4.78, 5) is 17.3. The number of rotatable bonds is 3. The van der Waals surface area contributed by atoms with Gasteiger partial charge in [0.1, 0.15) is 10.2 Å². The zero-order valence-corrected chi connectivity index (χ0v) is 11.2. The highest BCUT2D eigenvalue weighted by atomic mass is 79.9. The Morgan fingerprint density at radius 1 is 1.56 bits per heavy atom. The second-order valence-corrected chi connectivity index (χ2v) is 5.12. The van der Waals surface area contributed by atoms with Gasteiger partial charge in [0, 0.05) is 6.54 Å². The van der Waals surface area contributed by atoms with E-state index in [0.29, 0.717) is 11.0 Å². The first-order valence-corrected chi connectivity index (χ1v) is 6.70. The number of hydrogen-bond acceptors (Lipinski definition) is 3. The van der Waals surface area contributed by atoms with Gasteiger partial charge in [0.25, 0.3) is 5.56 Å². The molecule has 0 unspecified atom stereocenters. The molecule has 0 saturated heterocycles. The van der Waals surface area contributed by atoms with Crippen LogP contribution in [0.5, 0.6) is 0 Å². The van der Waals surface area contributed by atoms with E-state index >= 15 is 0 Å². The fraction of sp³-hybridized carbons (Fsp3) is 0.273. The average Bonchev–Trinajstić information content (AvgIpc) is 2.79. The Bertz CT molecular complexity index is 533. The number of aromatic nitrogens is 2. The molecule has 0 aliphatic heterocycles. The minimum atomic E-state index is -0.0137. The van der Waals surface area contributed by atoms with Crippen molar-refractivity contribution in [1.29, 1.82) is 0 Å². The minimum absolute atomic E-state index is 0.0137. The van der Waals surface area contributed by atoms with Gasteiger partial charge in [0.2, 0.25) is 0 Å². The Hall–Kier alpha value is -0.940. The third-order valence-corrected chi connectivity index (χ3v) is 3.79. The summed E-state index contributed by atoms with van der Waals surface area (Å²) >= 11 is 4.91. The normalized spacial score (nSPS) is 10.6. The summed E-state index contributed by atoms with van der Waals surface area (Å²) < 4.78 is 2.17. The molecule has 2 rings (SSSR count). The highest BCUT2D eigenvalue weighted by Gasteiger charge is 2.11. The molecule has 16 heavy (non-hydrogen) atoms. The van der Waals surface area contributed by atoms with E-state index in [1.807, 2.05) is 24.4 Å². The molecule has 0 amide bonds. The standard InChI is InChI=1S/C11H11BrN2OS/c1-2-5-14-7-13-10(9(12)11(14)15)8-4-3-6-16-8/h3-4,6-7H,2,5H2,1H3. The van der Waals surface area contributed by atoms with Crippen molar-refractivity contribution >= 4 is 27.3 Å². The highest BCUT2D eigenvalue weighted by Crippen LogP contribution is 2.26. The van der Waals surface area contributed by atoms with Crippen molar-refractivity contribution in [3.05, 3.63) is 38.7 Å². The largest absolute Gasteiger partial charge is 0.298 e. The zero-order valence-electron chi connectivity index (χ0n) is 8.81. The Morgan fingerprint density at radius 3 is 3.00 bits per heavy atom. The monoisotopic (exact) mass is 298 g/mol. The van der Waals surface area contributed by atoms with Crippen LogP contribution in [-0.2, 0) is 6.54 Å². The maximum absolute atomic E-state index is 12.0. The van der Waals surface area contributed by atoms with Gasteiger partial charge in [-0.1, -0.05) is 13.0 Å². The lowest BCUT2D eigenvalue weighted by Gasteiger charge is -2.06. The fourth-order valence-corrected chi connectivity index (χ4v) is 2.85. The van der Waals surface area contributed by atoms with Crippen LogP contribution in [0.2, 0.25) is 0 Å². The molecule has 5 heteroatoms. The van der Waals surface area contributed by atoms with Gasteiger partial charge < -0.3 is 0 Å². The molecule has 2 aromatic heterocycles. The summed E-state index contributed by atoms with van der Waals surface area (Å²) in [6, 6.07) is 3.91. The molecule has 0 spiro atoms. The first-order chi connectivity index (χ1) is 7.74. The molecular weight excluding hydrogens is 288 g/mol. The van der Waals surface area contributed by atoms with Crippen molar-refractivity contribution in [3.63, 3.8) is 0 Å². The number of halogens is 1. The van der Waals surface area contributed by atoms with Crippen molar-refractivity contribution in [2.75, 3.05) is 0 Å². The summed E-state index contributed by atoms with van der Waals surface area (Å²) in [5, 5.41) is 1.97. The second-order valence-electron chi connectivity index (χ2n) is 3.38. The Kier molecular flexibility index (Phi) is 3.56. The third kappa shape index (κ3) is 2.10. The van der Waals surface area contributed by atoms with Crippen LogP contribution in [0.15, 0.2) is 33.1 Å². The molecule has 0 radical (unpaired) electrons. The van der Waals surface area contributed by atoms with Gasteiger partial charge in [-0.3, -0.25) is 9.36 Å². The Labute approximate surface area is 106 Å². The van der Waals surface area contributed by atoms with Gasteiger partial charge in [0.15, 0.2) is 0 Å². The summed E-state index contributed by atoms with van der Waals surface area (Å²) in [7, 11) is 0. The predicted octanol–water partition coefficient (Wildman–Crippen LogP) is 3.14. The van der Waals surface area contributed by atoms with Crippen LogP contribution in [0.3, 0.4) is 0 Å². The zero-order chi connectivity index (χ0) is 11.5. The van der Waals surface area contributed by atoms with Crippen LogP contribution in [-0.4, -0.2) is 9.55 Å². The van der Waals surface area contributed by atoms with Gasteiger partial charge in [0.05, 0.1) is 11.2 Å². The lowest BCUT2D eigenvalue weighted by atomic mass is 10.3. The third-order valence-electron chi connectivity index (χ3n) is 2.20. The topological polar surface area (TPSA) is 34.9 Å². The smallest absolute Gasteiger partial charge is 0.268 e. The highest BCUT2D eigenvalue weighted by molar-refractivity contribution is 9.10. The number of nitrogens with zero attached hydrogens (tertiary/aromatic N) is 2. The van der Waals surface area contributed by atoms with Crippen molar-refractivity contribution in [1.82, 2.24) is 9.55 Å². The van der Waals surface area contributed by atoms with Gasteiger partial charge in [-0.2, -0.15) is 0 Å². The van der Waals surface area contributed by atoms with E-state index in [1.54, 1.807) is 22.2 Å². The van der Waals surface area contributed by atoms with E-state index in [-0.39, 0.29) is 5.56 Å². The lowest BCUT2D eigenvalue weighted by molar-refractivity contribution is 0.638. The summed E-state index contributed by atoms with van der Waals surface area (Å²) in [6.07, 6.45) is 2.54. The van der Waals surface area contributed by atoms with E-state index in [1.165, 1.54) is 0 Å². The molecular formula is C11H11BrN2OS. The predicted molar refractivity (Wildman–Crippen MR) is 69.8 cm³/mol. The van der Waals surface area contributed by atoms with Crippen molar-refractivity contribution in [2.24, 2.45) is 0 Å². The molecule has 0 saturated carbocycles. The molecule has 0 bridgehead atoms. The van der Waals surface area contributed by atoms with E-state index in [0.717, 1.165) is 17.0 Å². The van der Waals surface area contributed by atoms with Crippen LogP contribution in [0, 0.1) is 0 Å². The second kappa shape index (κ2) is 4.93. The SMILES string of the molecule is CCCn1cnc(-c2cccs2)c(Br)c1=O. The number of thiophene rings is 1. The average molecular weight is 299 g/mol. The van der Waals surface area contributed by atoms with Gasteiger partial charge in [-0.05, 0) is 33.8 Å². The molecule has 0 aliphatic rings. The quantitative estimate of drug-likeness (QED) is 0.872. The van der Waals surface area contributed by atoms with Crippen LogP contribution >= 0.6 is 27.3 Å². The first-order valence-electron chi connectivity index (χ1n) is 5.03. The van der Waals surface area contributed by atoms with E-state index in [2.05, 4.69) is 20.9 Å². The van der Waals surface area contributed by atoms with Crippen LogP contribution in [0.25, 0.3) is 10.6 Å². The van der Waals surface area contributed by atoms with Crippen LogP contribution in [0.1, 0.15) is 13.3 Å². The minimum Gasteiger partial charge on any atom is -0.298 e. The van der Waals surface area contributed by atoms with Crippen molar-refractivity contribution in [2.45, 2.75) is 19.9 Å². The number of aryl methyl sites for hydroxylation is 1. The molecule has 0 N–H and O–H groups in total. The number of hydrogen-bond donors (Lipinski definition) is 0. The molecule has 84 valence electrons. The summed E-state index contributed by atoms with van der Waals surface area (Å²) in [5.41, 5.74) is 0.715. The molecule has 0 aliphatic carbocycles. The van der Waals surface area contributed by atoms with Gasteiger partial charge in [-0.15, -0.1) is 11.3 Å². The van der Waals surface area contributed by atoms with Crippen molar-refractivity contribution < 1.29 is 0 Å². The van der Waals surface area contributed by atoms with Crippen LogP contribution in [0.4, 0.5) is 0 Å². The maximum atomic E-state index is 12.0. The molecule has 2 heterocycles. The van der Waals surface area contributed by atoms with Crippen LogP contribution < -0.4 is 5.56 Å². The summed E-state index contributed by atoms with van der Waals surface area (Å²) in [6.45, 7) is 2.74. The van der Waals surface area contributed by atoms with Gasteiger partial charge in [-0.25, -0.2) is 4.98 Å². The van der Waals surface area contributed by atoms with E-state index in [9.17, 15) is 4.79 Å².